The maximum atomic E-state index is 10.6. The fourth-order valence-corrected chi connectivity index (χ4v) is 1.94. The van der Waals surface area contributed by atoms with E-state index in [1.54, 1.807) is 0 Å². The molecule has 20 heavy (non-hydrogen) atoms. The van der Waals surface area contributed by atoms with Gasteiger partial charge in [0, 0.05) is 6.08 Å². The molecule has 3 unspecified atom stereocenters. The van der Waals surface area contributed by atoms with E-state index < -0.39 is 36.0 Å². The van der Waals surface area contributed by atoms with E-state index in [0.29, 0.717) is 12.8 Å². The summed E-state index contributed by atoms with van der Waals surface area (Å²) in [5, 5.41) is 25.8. The van der Waals surface area contributed by atoms with Crippen LogP contribution in [-0.2, 0) is 19.1 Å². The van der Waals surface area contributed by atoms with Gasteiger partial charge in [-0.1, -0.05) is 19.4 Å². The van der Waals surface area contributed by atoms with Gasteiger partial charge in [-0.05, 0) is 19.8 Å². The summed E-state index contributed by atoms with van der Waals surface area (Å²) >= 11 is 0. The van der Waals surface area contributed by atoms with Gasteiger partial charge in [-0.3, -0.25) is 9.59 Å². The van der Waals surface area contributed by atoms with Crippen molar-refractivity contribution in [1.29, 1.82) is 0 Å². The number of ether oxygens (including phenoxy) is 1. The number of carboxylic acids is 2. The van der Waals surface area contributed by atoms with Crippen LogP contribution in [0.1, 0.15) is 32.6 Å². The lowest BCUT2D eigenvalue weighted by atomic mass is 9.79. The number of esters is 1. The fraction of sp³-hybridized carbons (Fsp3) is 0.615. The molecule has 7 heteroatoms. The Labute approximate surface area is 116 Å². The minimum atomic E-state index is -1.04. The standard InChI is InChI=1S/C8H12O4.C5H8O3/c9-7(10)5-3-1-2-4-6(5)8(11)12;1-3-5(7)8-4(2)6/h5-6H,1-4H2,(H,9,10)(H,11,12);3-4,6H,1H2,2H3. The third-order valence-corrected chi connectivity index (χ3v) is 2.85. The average Bonchev–Trinajstić information content (AvgIpc) is 2.38. The largest absolute Gasteiger partial charge is 0.481 e. The van der Waals surface area contributed by atoms with Gasteiger partial charge < -0.3 is 20.1 Å². The second kappa shape index (κ2) is 9.08. The Morgan fingerprint density at radius 1 is 1.15 bits per heavy atom. The van der Waals surface area contributed by atoms with Crippen LogP contribution in [0, 0.1) is 11.8 Å². The van der Waals surface area contributed by atoms with Gasteiger partial charge >= 0.3 is 17.9 Å². The van der Waals surface area contributed by atoms with Crippen molar-refractivity contribution in [2.75, 3.05) is 0 Å². The molecule has 0 radical (unpaired) electrons. The third-order valence-electron chi connectivity index (χ3n) is 2.85. The molecule has 3 N–H and O–H groups in total. The van der Waals surface area contributed by atoms with Crippen LogP contribution in [-0.4, -0.2) is 39.5 Å². The molecule has 0 aromatic rings. The number of carboxylic acid groups (broad SMARTS) is 2. The van der Waals surface area contributed by atoms with Crippen LogP contribution in [0.15, 0.2) is 12.7 Å². The number of aliphatic hydroxyl groups excluding tert-OH is 1. The summed E-state index contributed by atoms with van der Waals surface area (Å²) in [6, 6.07) is 0. The molecule has 0 heterocycles. The predicted octanol–water partition coefficient (Wildman–Crippen LogP) is 1.02. The van der Waals surface area contributed by atoms with E-state index in [-0.39, 0.29) is 0 Å². The Balaban J connectivity index is 0.000000396. The zero-order valence-electron chi connectivity index (χ0n) is 11.3. The van der Waals surface area contributed by atoms with Crippen molar-refractivity contribution in [3.63, 3.8) is 0 Å². The molecule has 1 saturated carbocycles. The molecular formula is C13H20O7. The Kier molecular flexibility index (Phi) is 8.23. The minimum Gasteiger partial charge on any atom is -0.481 e. The molecule has 0 amide bonds. The molecule has 3 atom stereocenters. The van der Waals surface area contributed by atoms with E-state index in [1.807, 2.05) is 0 Å². The number of hydrogen-bond donors (Lipinski definition) is 3. The number of aliphatic hydroxyl groups is 1. The van der Waals surface area contributed by atoms with E-state index in [1.165, 1.54) is 6.92 Å². The fourth-order valence-electron chi connectivity index (χ4n) is 1.94. The topological polar surface area (TPSA) is 121 Å². The highest BCUT2D eigenvalue weighted by molar-refractivity contribution is 5.81. The number of rotatable bonds is 4. The second-order valence-electron chi connectivity index (χ2n) is 4.41. The summed E-state index contributed by atoms with van der Waals surface area (Å²) in [5.41, 5.74) is 0. The molecule has 0 bridgehead atoms. The molecule has 7 nitrogen and oxygen atoms in total. The molecular weight excluding hydrogens is 268 g/mol. The van der Waals surface area contributed by atoms with E-state index in [2.05, 4.69) is 11.3 Å². The zero-order valence-corrected chi connectivity index (χ0v) is 11.3. The van der Waals surface area contributed by atoms with Crippen LogP contribution in [0.2, 0.25) is 0 Å². The van der Waals surface area contributed by atoms with E-state index in [0.717, 1.165) is 18.9 Å². The van der Waals surface area contributed by atoms with Crippen molar-refractivity contribution < 1.29 is 34.4 Å². The number of hydrogen-bond acceptors (Lipinski definition) is 5. The Hall–Kier alpha value is -1.89. The maximum absolute atomic E-state index is 10.6. The smallest absolute Gasteiger partial charge is 0.332 e. The lowest BCUT2D eigenvalue weighted by Gasteiger charge is -2.24. The summed E-state index contributed by atoms with van der Waals surface area (Å²) in [4.78, 5) is 31.3. The Bertz CT molecular complexity index is 340. The van der Waals surface area contributed by atoms with Gasteiger partial charge in [0.15, 0.2) is 6.29 Å². The van der Waals surface area contributed by atoms with Crippen LogP contribution in [0.25, 0.3) is 0 Å². The zero-order chi connectivity index (χ0) is 15.7. The van der Waals surface area contributed by atoms with Crippen molar-refractivity contribution in [2.24, 2.45) is 11.8 Å². The molecule has 0 aromatic heterocycles. The summed E-state index contributed by atoms with van der Waals surface area (Å²) in [7, 11) is 0. The van der Waals surface area contributed by atoms with Crippen LogP contribution in [0.5, 0.6) is 0 Å². The number of carbonyl (C=O) groups excluding carboxylic acids is 1. The summed E-state index contributed by atoms with van der Waals surface area (Å²) in [6.07, 6.45) is 2.63. The number of aliphatic carboxylic acids is 2. The van der Waals surface area contributed by atoms with Gasteiger partial charge in [0.2, 0.25) is 0 Å². The van der Waals surface area contributed by atoms with Gasteiger partial charge in [-0.25, -0.2) is 4.79 Å². The Morgan fingerprint density at radius 3 is 1.75 bits per heavy atom. The second-order valence-corrected chi connectivity index (χ2v) is 4.41. The van der Waals surface area contributed by atoms with E-state index >= 15 is 0 Å². The van der Waals surface area contributed by atoms with Crippen LogP contribution in [0.4, 0.5) is 0 Å². The molecule has 1 aliphatic carbocycles. The van der Waals surface area contributed by atoms with Crippen LogP contribution < -0.4 is 0 Å². The molecule has 0 aliphatic heterocycles. The van der Waals surface area contributed by atoms with Crippen molar-refractivity contribution in [3.05, 3.63) is 12.7 Å². The minimum absolute atomic E-state index is 0.506. The van der Waals surface area contributed by atoms with Gasteiger partial charge in [0.05, 0.1) is 11.8 Å². The van der Waals surface area contributed by atoms with Crippen LogP contribution >= 0.6 is 0 Å². The highest BCUT2D eigenvalue weighted by Gasteiger charge is 2.35. The third kappa shape index (κ3) is 6.89. The summed E-state index contributed by atoms with van der Waals surface area (Å²) < 4.78 is 4.20. The maximum Gasteiger partial charge on any atom is 0.332 e. The van der Waals surface area contributed by atoms with Gasteiger partial charge in [0.1, 0.15) is 0 Å². The van der Waals surface area contributed by atoms with Crippen molar-refractivity contribution >= 4 is 17.9 Å². The average molecular weight is 288 g/mol. The van der Waals surface area contributed by atoms with Crippen molar-refractivity contribution in [3.8, 4) is 0 Å². The van der Waals surface area contributed by atoms with Gasteiger partial charge in [-0.2, -0.15) is 0 Å². The molecule has 114 valence electrons. The first kappa shape index (κ1) is 18.1. The molecule has 1 rings (SSSR count). The summed E-state index contributed by atoms with van der Waals surface area (Å²) in [6.45, 7) is 4.48. The quantitative estimate of drug-likeness (QED) is 0.401. The monoisotopic (exact) mass is 288 g/mol. The normalized spacial score (nSPS) is 22.7. The van der Waals surface area contributed by atoms with Gasteiger partial charge in [0.25, 0.3) is 0 Å². The van der Waals surface area contributed by atoms with Crippen LogP contribution in [0.3, 0.4) is 0 Å². The predicted molar refractivity (Wildman–Crippen MR) is 68.7 cm³/mol. The molecule has 0 aromatic carbocycles. The highest BCUT2D eigenvalue weighted by atomic mass is 16.6. The van der Waals surface area contributed by atoms with Crippen molar-refractivity contribution in [1.82, 2.24) is 0 Å². The molecule has 1 aliphatic rings. The molecule has 0 spiro atoms. The first-order valence-corrected chi connectivity index (χ1v) is 6.26. The number of carbonyl (C=O) groups is 3. The lowest BCUT2D eigenvalue weighted by molar-refractivity contribution is -0.158. The molecule has 1 fully saturated rings. The van der Waals surface area contributed by atoms with E-state index in [4.69, 9.17) is 15.3 Å². The van der Waals surface area contributed by atoms with Crippen molar-refractivity contribution in [2.45, 2.75) is 38.9 Å². The first-order valence-electron chi connectivity index (χ1n) is 6.26. The van der Waals surface area contributed by atoms with E-state index in [9.17, 15) is 14.4 Å². The highest BCUT2D eigenvalue weighted by Crippen LogP contribution is 2.30. The molecule has 0 saturated heterocycles. The lowest BCUT2D eigenvalue weighted by Crippen LogP contribution is -2.32. The SMILES string of the molecule is C=CC(=O)OC(C)O.O=C(O)C1CCCCC1C(=O)O. The summed E-state index contributed by atoms with van der Waals surface area (Å²) in [5.74, 6) is -3.89. The Morgan fingerprint density at radius 2 is 1.55 bits per heavy atom. The van der Waals surface area contributed by atoms with Gasteiger partial charge in [-0.15, -0.1) is 0 Å². The first-order chi connectivity index (χ1) is 9.29.